The number of nitrogens with one attached hydrogen (secondary N) is 1. The molecule has 6 nitrogen and oxygen atoms in total. The van der Waals surface area contributed by atoms with Crippen molar-refractivity contribution in [3.8, 4) is 0 Å². The second-order valence-corrected chi connectivity index (χ2v) is 7.47. The lowest BCUT2D eigenvalue weighted by atomic mass is 9.90. The topological polar surface area (TPSA) is 63.1 Å². The van der Waals surface area contributed by atoms with Crippen molar-refractivity contribution in [2.24, 2.45) is 0 Å². The van der Waals surface area contributed by atoms with Crippen LogP contribution in [0.5, 0.6) is 0 Å². The molecule has 0 bridgehead atoms. The maximum absolute atomic E-state index is 12.6. The first-order chi connectivity index (χ1) is 11.6. The van der Waals surface area contributed by atoms with Crippen molar-refractivity contribution in [3.63, 3.8) is 0 Å². The molecular weight excluding hydrogens is 322 g/mol. The highest BCUT2D eigenvalue weighted by atomic mass is 32.1. The van der Waals surface area contributed by atoms with Crippen LogP contribution in [-0.2, 0) is 0 Å². The molecule has 7 heteroatoms. The summed E-state index contributed by atoms with van der Waals surface area (Å²) >= 11 is 1.64. The van der Waals surface area contributed by atoms with E-state index in [0.29, 0.717) is 6.54 Å². The molecule has 0 aromatic carbocycles. The first-order valence-electron chi connectivity index (χ1n) is 8.55. The van der Waals surface area contributed by atoms with Crippen LogP contribution in [0, 0.1) is 0 Å². The van der Waals surface area contributed by atoms with Gasteiger partial charge < -0.3 is 10.2 Å². The number of hydrogen-bond acceptors (Lipinski definition) is 4. The Hall–Kier alpha value is -1.89. The number of urea groups is 1. The summed E-state index contributed by atoms with van der Waals surface area (Å²) in [5.41, 5.74) is 0. The van der Waals surface area contributed by atoms with Gasteiger partial charge in [0.15, 0.2) is 0 Å². The Labute approximate surface area is 146 Å². The number of amides is 2. The Morgan fingerprint density at radius 2 is 2.29 bits per heavy atom. The SMILES string of the molecule is C[C@H](CN(C)C(=O)N[C@@H]1CCCC[C@@H]1n1cccn1)c1nccs1. The number of likely N-dealkylation sites (N-methyl/N-ethyl adjacent to an activating group) is 1. The van der Waals surface area contributed by atoms with Crippen molar-refractivity contribution in [3.05, 3.63) is 35.0 Å². The molecule has 3 atom stereocenters. The van der Waals surface area contributed by atoms with E-state index in [-0.39, 0.29) is 24.0 Å². The third-order valence-corrected chi connectivity index (χ3v) is 5.68. The number of nitrogens with zero attached hydrogens (tertiary/aromatic N) is 4. The highest BCUT2D eigenvalue weighted by Gasteiger charge is 2.29. The zero-order valence-electron chi connectivity index (χ0n) is 14.3. The first kappa shape index (κ1) is 17.0. The molecule has 0 unspecified atom stereocenters. The molecule has 1 aliphatic rings. The lowest BCUT2D eigenvalue weighted by molar-refractivity contribution is 0.185. The molecule has 0 radical (unpaired) electrons. The normalized spacial score (nSPS) is 22.1. The van der Waals surface area contributed by atoms with Gasteiger partial charge in [0.05, 0.1) is 17.1 Å². The fraction of sp³-hybridized carbons (Fsp3) is 0.588. The molecule has 3 rings (SSSR count). The lowest BCUT2D eigenvalue weighted by Crippen LogP contribution is -2.48. The summed E-state index contributed by atoms with van der Waals surface area (Å²) in [6, 6.07) is 2.32. The van der Waals surface area contributed by atoms with Gasteiger partial charge in [-0.1, -0.05) is 19.8 Å². The number of carbonyl (C=O) groups is 1. The van der Waals surface area contributed by atoms with Gasteiger partial charge in [0.1, 0.15) is 0 Å². The van der Waals surface area contributed by atoms with Crippen molar-refractivity contribution in [1.29, 1.82) is 0 Å². The maximum Gasteiger partial charge on any atom is 0.317 e. The Balaban J connectivity index is 1.58. The van der Waals surface area contributed by atoms with Crippen LogP contribution in [0.25, 0.3) is 0 Å². The van der Waals surface area contributed by atoms with Crippen molar-refractivity contribution in [2.75, 3.05) is 13.6 Å². The van der Waals surface area contributed by atoms with Crippen molar-refractivity contribution in [1.82, 2.24) is 25.0 Å². The van der Waals surface area contributed by atoms with E-state index in [4.69, 9.17) is 0 Å². The molecule has 2 aromatic heterocycles. The standard InChI is InChI=1S/C17H25N5OS/c1-13(16-18-9-11-24-16)12-21(2)17(23)20-14-6-3-4-7-15(14)22-10-5-8-19-22/h5,8-11,13-15H,3-4,6-7,12H2,1-2H3,(H,20,23)/t13-,14-,15+/m1/s1. The van der Waals surface area contributed by atoms with E-state index in [1.54, 1.807) is 22.4 Å². The summed E-state index contributed by atoms with van der Waals surface area (Å²) in [4.78, 5) is 18.7. The van der Waals surface area contributed by atoms with Crippen LogP contribution in [0.15, 0.2) is 30.0 Å². The van der Waals surface area contributed by atoms with E-state index in [1.807, 2.05) is 35.6 Å². The van der Waals surface area contributed by atoms with Crippen molar-refractivity contribution in [2.45, 2.75) is 50.6 Å². The van der Waals surface area contributed by atoms with E-state index in [9.17, 15) is 4.79 Å². The first-order valence-corrected chi connectivity index (χ1v) is 9.43. The molecule has 1 saturated carbocycles. The highest BCUT2D eigenvalue weighted by Crippen LogP contribution is 2.28. The molecule has 2 amide bonds. The third kappa shape index (κ3) is 3.95. The van der Waals surface area contributed by atoms with E-state index in [0.717, 1.165) is 24.3 Å². The molecule has 0 spiro atoms. The number of hydrogen-bond donors (Lipinski definition) is 1. The zero-order chi connectivity index (χ0) is 16.9. The minimum atomic E-state index is -0.0116. The Bertz CT molecular complexity index is 627. The molecule has 2 aromatic rings. The summed E-state index contributed by atoms with van der Waals surface area (Å²) in [6.07, 6.45) is 10.0. The van der Waals surface area contributed by atoms with Crippen LogP contribution < -0.4 is 5.32 Å². The fourth-order valence-corrected chi connectivity index (χ4v) is 4.08. The number of rotatable bonds is 5. The van der Waals surface area contributed by atoms with Crippen LogP contribution in [0.4, 0.5) is 4.79 Å². The molecule has 1 N–H and O–H groups in total. The lowest BCUT2D eigenvalue weighted by Gasteiger charge is -2.34. The molecule has 0 aliphatic heterocycles. The van der Waals surface area contributed by atoms with Gasteiger partial charge in [0, 0.05) is 43.5 Å². The van der Waals surface area contributed by atoms with Gasteiger partial charge >= 0.3 is 6.03 Å². The van der Waals surface area contributed by atoms with E-state index >= 15 is 0 Å². The maximum atomic E-state index is 12.6. The minimum Gasteiger partial charge on any atom is -0.333 e. The van der Waals surface area contributed by atoms with Gasteiger partial charge in [0.25, 0.3) is 0 Å². The van der Waals surface area contributed by atoms with Crippen molar-refractivity contribution < 1.29 is 4.79 Å². The number of carbonyl (C=O) groups excluding carboxylic acids is 1. The van der Waals surface area contributed by atoms with Crippen molar-refractivity contribution >= 4 is 17.4 Å². The van der Waals surface area contributed by atoms with Gasteiger partial charge in [-0.25, -0.2) is 9.78 Å². The molecule has 1 fully saturated rings. The second kappa shape index (κ2) is 7.79. The fourth-order valence-electron chi connectivity index (χ4n) is 3.39. The van der Waals surface area contributed by atoms with E-state index in [2.05, 4.69) is 22.3 Å². The van der Waals surface area contributed by atoms with Gasteiger partial charge in [-0.3, -0.25) is 4.68 Å². The molecule has 0 saturated heterocycles. The highest BCUT2D eigenvalue weighted by molar-refractivity contribution is 7.09. The molecule has 24 heavy (non-hydrogen) atoms. The summed E-state index contributed by atoms with van der Waals surface area (Å²) in [5.74, 6) is 0.244. The van der Waals surface area contributed by atoms with Crippen LogP contribution in [0.3, 0.4) is 0 Å². The Kier molecular flexibility index (Phi) is 5.50. The molecule has 2 heterocycles. The van der Waals surface area contributed by atoms with Gasteiger partial charge in [-0.05, 0) is 18.9 Å². The zero-order valence-corrected chi connectivity index (χ0v) is 15.1. The second-order valence-electron chi connectivity index (χ2n) is 6.55. The van der Waals surface area contributed by atoms with Gasteiger partial charge in [-0.2, -0.15) is 5.10 Å². The largest absolute Gasteiger partial charge is 0.333 e. The summed E-state index contributed by atoms with van der Waals surface area (Å²) in [7, 11) is 1.85. The van der Waals surface area contributed by atoms with Gasteiger partial charge in [0.2, 0.25) is 0 Å². The van der Waals surface area contributed by atoms with Crippen LogP contribution in [-0.4, -0.2) is 45.3 Å². The van der Waals surface area contributed by atoms with Crippen LogP contribution in [0.2, 0.25) is 0 Å². The molecular formula is C17H25N5OS. The molecule has 1 aliphatic carbocycles. The quantitative estimate of drug-likeness (QED) is 0.903. The van der Waals surface area contributed by atoms with E-state index in [1.165, 1.54) is 6.42 Å². The van der Waals surface area contributed by atoms with Crippen LogP contribution >= 0.6 is 11.3 Å². The Morgan fingerprint density at radius 3 is 3.00 bits per heavy atom. The smallest absolute Gasteiger partial charge is 0.317 e. The Morgan fingerprint density at radius 1 is 1.46 bits per heavy atom. The summed E-state index contributed by atoms with van der Waals surface area (Å²) in [5, 5.41) is 10.6. The molecule has 130 valence electrons. The van der Waals surface area contributed by atoms with Crippen LogP contribution in [0.1, 0.15) is 49.6 Å². The number of thiazole rings is 1. The van der Waals surface area contributed by atoms with E-state index < -0.39 is 0 Å². The minimum absolute atomic E-state index is 0.0116. The number of aromatic nitrogens is 3. The third-order valence-electron chi connectivity index (χ3n) is 4.67. The summed E-state index contributed by atoms with van der Waals surface area (Å²) in [6.45, 7) is 2.77. The summed E-state index contributed by atoms with van der Waals surface area (Å²) < 4.78 is 1.99. The predicted octanol–water partition coefficient (Wildman–Crippen LogP) is 3.27. The average molecular weight is 347 g/mol. The monoisotopic (exact) mass is 347 g/mol. The average Bonchev–Trinajstić information content (AvgIpc) is 3.29. The predicted molar refractivity (Wildman–Crippen MR) is 95.2 cm³/mol. The van der Waals surface area contributed by atoms with Gasteiger partial charge in [-0.15, -0.1) is 11.3 Å².